The first-order chi connectivity index (χ1) is 6.31. The Morgan fingerprint density at radius 2 is 2.46 bits per heavy atom. The van der Waals surface area contributed by atoms with E-state index in [9.17, 15) is 0 Å². The van der Waals surface area contributed by atoms with E-state index in [1.165, 1.54) is 5.56 Å². The SMILES string of the molecule is CC(CN)N1Cc2cncnc2C1. The predicted octanol–water partition coefficient (Wildman–Crippen LogP) is 0.139. The molecule has 2 N–H and O–H groups in total. The molecular weight excluding hydrogens is 164 g/mol. The van der Waals surface area contributed by atoms with Gasteiger partial charge in [-0.25, -0.2) is 9.97 Å². The van der Waals surface area contributed by atoms with Crippen molar-refractivity contribution in [3.05, 3.63) is 23.8 Å². The van der Waals surface area contributed by atoms with Crippen LogP contribution in [0.1, 0.15) is 18.2 Å². The lowest BCUT2D eigenvalue weighted by Gasteiger charge is -2.21. The van der Waals surface area contributed by atoms with Crippen LogP contribution in [0.25, 0.3) is 0 Å². The summed E-state index contributed by atoms with van der Waals surface area (Å²) in [7, 11) is 0. The molecule has 4 heteroatoms. The van der Waals surface area contributed by atoms with Crippen molar-refractivity contribution in [2.24, 2.45) is 5.73 Å². The third-order valence-electron chi connectivity index (χ3n) is 2.57. The minimum atomic E-state index is 0.425. The zero-order valence-corrected chi connectivity index (χ0v) is 7.77. The third-order valence-corrected chi connectivity index (χ3v) is 2.57. The van der Waals surface area contributed by atoms with Crippen LogP contribution in [0.2, 0.25) is 0 Å². The molecule has 13 heavy (non-hydrogen) atoms. The molecule has 1 unspecified atom stereocenters. The van der Waals surface area contributed by atoms with E-state index in [1.54, 1.807) is 6.33 Å². The normalized spacial score (nSPS) is 18.6. The summed E-state index contributed by atoms with van der Waals surface area (Å²) in [5.41, 5.74) is 8.00. The van der Waals surface area contributed by atoms with Crippen LogP contribution in [0.4, 0.5) is 0 Å². The highest BCUT2D eigenvalue weighted by atomic mass is 15.2. The van der Waals surface area contributed by atoms with Crippen molar-refractivity contribution in [1.29, 1.82) is 0 Å². The minimum Gasteiger partial charge on any atom is -0.329 e. The molecule has 1 aromatic rings. The third kappa shape index (κ3) is 1.55. The van der Waals surface area contributed by atoms with Gasteiger partial charge in [-0.1, -0.05) is 0 Å². The summed E-state index contributed by atoms with van der Waals surface area (Å²) in [5.74, 6) is 0. The Bertz CT molecular complexity index is 274. The molecule has 1 aromatic heterocycles. The van der Waals surface area contributed by atoms with Crippen molar-refractivity contribution in [1.82, 2.24) is 14.9 Å². The molecule has 2 heterocycles. The lowest BCUT2D eigenvalue weighted by molar-refractivity contribution is 0.216. The Balaban J connectivity index is 2.14. The molecule has 1 aliphatic rings. The van der Waals surface area contributed by atoms with Crippen LogP contribution >= 0.6 is 0 Å². The number of rotatable bonds is 2. The summed E-state index contributed by atoms with van der Waals surface area (Å²) in [6.07, 6.45) is 3.50. The monoisotopic (exact) mass is 178 g/mol. The lowest BCUT2D eigenvalue weighted by Crippen LogP contribution is -2.34. The minimum absolute atomic E-state index is 0.425. The van der Waals surface area contributed by atoms with Gasteiger partial charge in [0.2, 0.25) is 0 Å². The van der Waals surface area contributed by atoms with Gasteiger partial charge < -0.3 is 5.73 Å². The molecule has 2 rings (SSSR count). The summed E-state index contributed by atoms with van der Waals surface area (Å²) in [6.45, 7) is 4.69. The molecule has 4 nitrogen and oxygen atoms in total. The van der Waals surface area contributed by atoms with E-state index in [-0.39, 0.29) is 0 Å². The predicted molar refractivity (Wildman–Crippen MR) is 49.8 cm³/mol. The molecular formula is C9H14N4. The van der Waals surface area contributed by atoms with Crippen LogP contribution in [0.15, 0.2) is 12.5 Å². The molecule has 0 bridgehead atoms. The fourth-order valence-electron chi connectivity index (χ4n) is 1.59. The quantitative estimate of drug-likeness (QED) is 0.700. The summed E-state index contributed by atoms with van der Waals surface area (Å²) in [4.78, 5) is 10.6. The Morgan fingerprint density at radius 1 is 1.62 bits per heavy atom. The van der Waals surface area contributed by atoms with E-state index in [4.69, 9.17) is 5.73 Å². The van der Waals surface area contributed by atoms with Crippen LogP contribution in [-0.4, -0.2) is 27.5 Å². The van der Waals surface area contributed by atoms with Crippen molar-refractivity contribution in [3.8, 4) is 0 Å². The number of hydrogen-bond donors (Lipinski definition) is 1. The maximum atomic E-state index is 5.61. The first-order valence-corrected chi connectivity index (χ1v) is 4.53. The lowest BCUT2D eigenvalue weighted by atomic mass is 10.3. The number of nitrogens with two attached hydrogens (primary N) is 1. The standard InChI is InChI=1S/C9H14N4/c1-7(2-10)13-4-8-3-11-6-12-9(8)5-13/h3,6-7H,2,4-5,10H2,1H3. The van der Waals surface area contributed by atoms with Gasteiger partial charge in [-0.3, -0.25) is 4.90 Å². The molecule has 0 saturated heterocycles. The Hall–Kier alpha value is -1.00. The first kappa shape index (κ1) is 8.59. The Kier molecular flexibility index (Phi) is 2.24. The van der Waals surface area contributed by atoms with Crippen LogP contribution in [0, 0.1) is 0 Å². The summed E-state index contributed by atoms with van der Waals surface area (Å²) >= 11 is 0. The summed E-state index contributed by atoms with van der Waals surface area (Å²) < 4.78 is 0. The average Bonchev–Trinajstić information content (AvgIpc) is 2.59. The van der Waals surface area contributed by atoms with E-state index in [2.05, 4.69) is 21.8 Å². The number of hydrogen-bond acceptors (Lipinski definition) is 4. The highest BCUT2D eigenvalue weighted by Gasteiger charge is 2.23. The average molecular weight is 178 g/mol. The maximum absolute atomic E-state index is 5.61. The first-order valence-electron chi connectivity index (χ1n) is 4.53. The highest BCUT2D eigenvalue weighted by molar-refractivity contribution is 5.20. The zero-order valence-electron chi connectivity index (χ0n) is 7.77. The van der Waals surface area contributed by atoms with Gasteiger partial charge in [0.05, 0.1) is 5.69 Å². The van der Waals surface area contributed by atoms with Crippen molar-refractivity contribution < 1.29 is 0 Å². The molecule has 0 radical (unpaired) electrons. The van der Waals surface area contributed by atoms with Crippen LogP contribution in [0.5, 0.6) is 0 Å². The largest absolute Gasteiger partial charge is 0.329 e. The number of aromatic nitrogens is 2. The van der Waals surface area contributed by atoms with E-state index >= 15 is 0 Å². The number of nitrogens with zero attached hydrogens (tertiary/aromatic N) is 3. The van der Waals surface area contributed by atoms with E-state index < -0.39 is 0 Å². The van der Waals surface area contributed by atoms with Gasteiger partial charge in [0.25, 0.3) is 0 Å². The Morgan fingerprint density at radius 3 is 3.15 bits per heavy atom. The maximum Gasteiger partial charge on any atom is 0.115 e. The molecule has 1 atom stereocenters. The second-order valence-corrected chi connectivity index (χ2v) is 3.48. The van der Waals surface area contributed by atoms with Gasteiger partial charge in [-0.15, -0.1) is 0 Å². The smallest absolute Gasteiger partial charge is 0.115 e. The van der Waals surface area contributed by atoms with E-state index in [0.29, 0.717) is 12.6 Å². The van der Waals surface area contributed by atoms with Gasteiger partial charge in [0.15, 0.2) is 0 Å². The summed E-state index contributed by atoms with van der Waals surface area (Å²) in [6, 6.07) is 0.425. The molecule has 0 amide bonds. The van der Waals surface area contributed by atoms with Crippen molar-refractivity contribution in [2.45, 2.75) is 26.1 Å². The molecule has 0 saturated carbocycles. The molecule has 1 aliphatic heterocycles. The second kappa shape index (κ2) is 3.40. The zero-order chi connectivity index (χ0) is 9.26. The Labute approximate surface area is 77.8 Å². The fraction of sp³-hybridized carbons (Fsp3) is 0.556. The highest BCUT2D eigenvalue weighted by Crippen LogP contribution is 2.20. The fourth-order valence-corrected chi connectivity index (χ4v) is 1.59. The number of fused-ring (bicyclic) bond motifs is 1. The van der Waals surface area contributed by atoms with Gasteiger partial charge in [-0.05, 0) is 6.92 Å². The van der Waals surface area contributed by atoms with Crippen LogP contribution in [-0.2, 0) is 13.1 Å². The molecule has 0 spiro atoms. The van der Waals surface area contributed by atoms with Crippen molar-refractivity contribution in [2.75, 3.05) is 6.54 Å². The second-order valence-electron chi connectivity index (χ2n) is 3.48. The van der Waals surface area contributed by atoms with Gasteiger partial charge >= 0.3 is 0 Å². The van der Waals surface area contributed by atoms with Crippen molar-refractivity contribution in [3.63, 3.8) is 0 Å². The van der Waals surface area contributed by atoms with E-state index in [1.807, 2.05) is 6.20 Å². The topological polar surface area (TPSA) is 55.0 Å². The summed E-state index contributed by atoms with van der Waals surface area (Å²) in [5, 5.41) is 0. The molecule has 0 aliphatic carbocycles. The molecule has 70 valence electrons. The van der Waals surface area contributed by atoms with Gasteiger partial charge in [0.1, 0.15) is 6.33 Å². The molecule has 0 aromatic carbocycles. The van der Waals surface area contributed by atoms with Gasteiger partial charge in [-0.2, -0.15) is 0 Å². The van der Waals surface area contributed by atoms with Crippen LogP contribution < -0.4 is 5.73 Å². The van der Waals surface area contributed by atoms with Crippen molar-refractivity contribution >= 4 is 0 Å². The molecule has 0 fully saturated rings. The van der Waals surface area contributed by atoms with E-state index in [0.717, 1.165) is 18.8 Å². The van der Waals surface area contributed by atoms with Crippen LogP contribution in [0.3, 0.4) is 0 Å². The van der Waals surface area contributed by atoms with Gasteiger partial charge in [0, 0.05) is 37.4 Å².